The Morgan fingerprint density at radius 1 is 1.53 bits per heavy atom. The molecule has 2 aliphatic heterocycles. The minimum Gasteiger partial charge on any atom is -0.369 e. The van der Waals surface area contributed by atoms with Gasteiger partial charge in [0.1, 0.15) is 0 Å². The van der Waals surface area contributed by atoms with Crippen LogP contribution in [0.3, 0.4) is 0 Å². The van der Waals surface area contributed by atoms with Crippen LogP contribution in [0, 0.1) is 5.92 Å². The highest BCUT2D eigenvalue weighted by atomic mass is 16.2. The lowest BCUT2D eigenvalue weighted by atomic mass is 9.76. The molecule has 5 heteroatoms. The van der Waals surface area contributed by atoms with Crippen molar-refractivity contribution in [2.75, 3.05) is 6.54 Å². The predicted octanol–water partition coefficient (Wildman–Crippen LogP) is -0.325. The third-order valence-corrected chi connectivity index (χ3v) is 3.81. The van der Waals surface area contributed by atoms with E-state index in [0.29, 0.717) is 11.6 Å². The molecular formula is C12H19N3O2. The molecule has 0 aliphatic carbocycles. The molecule has 0 aromatic carbocycles. The van der Waals surface area contributed by atoms with E-state index in [1.165, 1.54) is 0 Å². The lowest BCUT2D eigenvalue weighted by Crippen LogP contribution is -2.57. The summed E-state index contributed by atoms with van der Waals surface area (Å²) in [5, 5.41) is 6.39. The van der Waals surface area contributed by atoms with Crippen LogP contribution >= 0.6 is 0 Å². The van der Waals surface area contributed by atoms with Crippen molar-refractivity contribution in [3.63, 3.8) is 0 Å². The summed E-state index contributed by atoms with van der Waals surface area (Å²) in [5.74, 6) is -0.308. The van der Waals surface area contributed by atoms with Crippen LogP contribution in [0.25, 0.3) is 0 Å². The second-order valence-electron chi connectivity index (χ2n) is 4.94. The number of carbonyl (C=O) groups is 2. The van der Waals surface area contributed by atoms with E-state index in [1.807, 2.05) is 6.92 Å². The Balaban J connectivity index is 2.32. The minimum atomic E-state index is -0.454. The van der Waals surface area contributed by atoms with E-state index in [-0.39, 0.29) is 24.3 Å². The van der Waals surface area contributed by atoms with Gasteiger partial charge in [-0.25, -0.2) is 0 Å². The lowest BCUT2D eigenvalue weighted by Gasteiger charge is -2.42. The Kier molecular flexibility index (Phi) is 3.19. The molecule has 3 unspecified atom stereocenters. The fraction of sp³-hybridized carbons (Fsp3) is 0.667. The Labute approximate surface area is 101 Å². The van der Waals surface area contributed by atoms with Crippen LogP contribution in [0.2, 0.25) is 0 Å². The van der Waals surface area contributed by atoms with E-state index in [2.05, 4.69) is 17.6 Å². The maximum atomic E-state index is 11.9. The van der Waals surface area contributed by atoms with Crippen LogP contribution in [-0.4, -0.2) is 30.4 Å². The van der Waals surface area contributed by atoms with Gasteiger partial charge in [-0.2, -0.15) is 0 Å². The Bertz CT molecular complexity index is 389. The molecule has 0 spiro atoms. The number of hydrogen-bond acceptors (Lipinski definition) is 3. The summed E-state index contributed by atoms with van der Waals surface area (Å²) >= 11 is 0. The summed E-state index contributed by atoms with van der Waals surface area (Å²) < 4.78 is 0. The van der Waals surface area contributed by atoms with E-state index in [0.717, 1.165) is 18.5 Å². The van der Waals surface area contributed by atoms with Crippen molar-refractivity contribution in [1.29, 1.82) is 0 Å². The maximum absolute atomic E-state index is 11.9. The zero-order chi connectivity index (χ0) is 12.6. The second kappa shape index (κ2) is 4.49. The first-order valence-electron chi connectivity index (χ1n) is 6.03. The third kappa shape index (κ3) is 2.20. The van der Waals surface area contributed by atoms with E-state index in [9.17, 15) is 9.59 Å². The van der Waals surface area contributed by atoms with Crippen LogP contribution in [0.4, 0.5) is 0 Å². The standard InChI is InChI=1S/C12H19N3O2/c1-6-8(5-10(13)16)12(17)15-9-3-4-14-7(2)11(6)9/h7,9,11,14H,3-5H2,1-2H3,(H2,13,16)(H,15,17). The summed E-state index contributed by atoms with van der Waals surface area (Å²) in [4.78, 5) is 22.9. The van der Waals surface area contributed by atoms with Gasteiger partial charge in [0.05, 0.1) is 6.42 Å². The van der Waals surface area contributed by atoms with Crippen LogP contribution in [0.5, 0.6) is 0 Å². The van der Waals surface area contributed by atoms with Gasteiger partial charge in [0, 0.05) is 23.6 Å². The summed E-state index contributed by atoms with van der Waals surface area (Å²) in [7, 11) is 0. The van der Waals surface area contributed by atoms with Crippen LogP contribution in [0.15, 0.2) is 11.1 Å². The van der Waals surface area contributed by atoms with Crippen LogP contribution in [0.1, 0.15) is 26.7 Å². The van der Waals surface area contributed by atoms with Gasteiger partial charge in [-0.15, -0.1) is 0 Å². The normalized spacial score (nSPS) is 33.1. The third-order valence-electron chi connectivity index (χ3n) is 3.81. The maximum Gasteiger partial charge on any atom is 0.247 e. The van der Waals surface area contributed by atoms with Crippen molar-refractivity contribution in [3.05, 3.63) is 11.1 Å². The molecule has 0 radical (unpaired) electrons. The summed E-state index contributed by atoms with van der Waals surface area (Å²) in [5.41, 5.74) is 6.74. The molecule has 0 aromatic heterocycles. The molecule has 2 heterocycles. The van der Waals surface area contributed by atoms with E-state index < -0.39 is 5.91 Å². The van der Waals surface area contributed by atoms with Crippen molar-refractivity contribution < 1.29 is 9.59 Å². The number of nitrogens with two attached hydrogens (primary N) is 1. The molecule has 0 bridgehead atoms. The molecule has 1 saturated heterocycles. The predicted molar refractivity (Wildman–Crippen MR) is 64.0 cm³/mol. The van der Waals surface area contributed by atoms with Crippen molar-refractivity contribution in [3.8, 4) is 0 Å². The molecule has 2 amide bonds. The van der Waals surface area contributed by atoms with Gasteiger partial charge in [-0.3, -0.25) is 9.59 Å². The first-order chi connectivity index (χ1) is 8.00. The molecule has 2 rings (SSSR count). The Hall–Kier alpha value is -1.36. The van der Waals surface area contributed by atoms with Crippen molar-refractivity contribution >= 4 is 11.8 Å². The highest BCUT2D eigenvalue weighted by molar-refractivity contribution is 6.00. The summed E-state index contributed by atoms with van der Waals surface area (Å²) in [6, 6.07) is 0.507. The smallest absolute Gasteiger partial charge is 0.247 e. The fourth-order valence-corrected chi connectivity index (χ4v) is 2.99. The van der Waals surface area contributed by atoms with Crippen molar-refractivity contribution in [2.45, 2.75) is 38.8 Å². The molecule has 5 nitrogen and oxygen atoms in total. The Morgan fingerprint density at radius 2 is 2.24 bits per heavy atom. The fourth-order valence-electron chi connectivity index (χ4n) is 2.99. The van der Waals surface area contributed by atoms with Gasteiger partial charge in [0.25, 0.3) is 0 Å². The van der Waals surface area contributed by atoms with E-state index in [4.69, 9.17) is 5.73 Å². The number of amides is 2. The van der Waals surface area contributed by atoms with Crippen LogP contribution < -0.4 is 16.4 Å². The number of carbonyl (C=O) groups excluding carboxylic acids is 2. The highest BCUT2D eigenvalue weighted by Crippen LogP contribution is 2.31. The molecular weight excluding hydrogens is 218 g/mol. The summed E-state index contributed by atoms with van der Waals surface area (Å²) in [6.07, 6.45) is 0.968. The minimum absolute atomic E-state index is 0.0353. The van der Waals surface area contributed by atoms with Gasteiger partial charge >= 0.3 is 0 Å². The molecule has 0 aromatic rings. The van der Waals surface area contributed by atoms with Gasteiger partial charge in [0.15, 0.2) is 0 Å². The zero-order valence-electron chi connectivity index (χ0n) is 10.2. The van der Waals surface area contributed by atoms with Crippen LogP contribution in [-0.2, 0) is 9.59 Å². The van der Waals surface area contributed by atoms with Crippen molar-refractivity contribution in [1.82, 2.24) is 10.6 Å². The molecule has 2 aliphatic rings. The molecule has 0 saturated carbocycles. The molecule has 17 heavy (non-hydrogen) atoms. The van der Waals surface area contributed by atoms with Gasteiger partial charge in [0.2, 0.25) is 11.8 Å². The van der Waals surface area contributed by atoms with Crippen molar-refractivity contribution in [2.24, 2.45) is 11.7 Å². The highest BCUT2D eigenvalue weighted by Gasteiger charge is 2.38. The summed E-state index contributed by atoms with van der Waals surface area (Å²) in [6.45, 7) is 4.97. The number of nitrogens with one attached hydrogen (secondary N) is 2. The van der Waals surface area contributed by atoms with Gasteiger partial charge in [-0.1, -0.05) is 5.57 Å². The monoisotopic (exact) mass is 237 g/mol. The zero-order valence-corrected chi connectivity index (χ0v) is 10.2. The van der Waals surface area contributed by atoms with Gasteiger partial charge < -0.3 is 16.4 Å². The lowest BCUT2D eigenvalue weighted by molar-refractivity contribution is -0.122. The Morgan fingerprint density at radius 3 is 2.88 bits per heavy atom. The quantitative estimate of drug-likeness (QED) is 0.615. The number of rotatable bonds is 2. The first-order valence-corrected chi connectivity index (χ1v) is 6.03. The molecule has 4 N–H and O–H groups in total. The first kappa shape index (κ1) is 12.1. The molecule has 3 atom stereocenters. The topological polar surface area (TPSA) is 84.2 Å². The SMILES string of the molecule is CC1=C(CC(N)=O)C(=O)NC2CCNC(C)C12. The number of piperidine rings is 1. The average Bonchev–Trinajstić information content (AvgIpc) is 2.23. The van der Waals surface area contributed by atoms with E-state index >= 15 is 0 Å². The number of hydrogen-bond donors (Lipinski definition) is 3. The molecule has 94 valence electrons. The van der Waals surface area contributed by atoms with E-state index in [1.54, 1.807) is 0 Å². The molecule has 1 fully saturated rings. The largest absolute Gasteiger partial charge is 0.369 e. The number of primary amides is 1. The number of fused-ring (bicyclic) bond motifs is 1. The van der Waals surface area contributed by atoms with Gasteiger partial charge in [-0.05, 0) is 26.8 Å². The second-order valence-corrected chi connectivity index (χ2v) is 4.94. The average molecular weight is 237 g/mol.